The normalized spacial score (nSPS) is 34.2. The highest BCUT2D eigenvalue weighted by Crippen LogP contribution is 2.77. The maximum Gasteiger partial charge on any atom is 0.342 e. The fourth-order valence-electron chi connectivity index (χ4n) is 11.2. The predicted molar refractivity (Wildman–Crippen MR) is 216 cm³/mol. The number of carbonyl (C=O) groups is 6. The van der Waals surface area contributed by atoms with E-state index in [2.05, 4.69) is 10.6 Å². The number of ether oxygens (including phenoxy) is 5. The molecule has 0 aromatic heterocycles. The van der Waals surface area contributed by atoms with Gasteiger partial charge in [0.25, 0.3) is 0 Å². The second-order valence-corrected chi connectivity index (χ2v) is 19.0. The number of carbonyl (C=O) groups excluding carboxylic acids is 6. The molecule has 3 saturated carbocycles. The van der Waals surface area contributed by atoms with Gasteiger partial charge in [-0.15, -0.1) is 0 Å². The second-order valence-electron chi connectivity index (χ2n) is 19.0. The van der Waals surface area contributed by atoms with Gasteiger partial charge in [0.15, 0.2) is 23.6 Å². The van der Waals surface area contributed by atoms with Crippen LogP contribution in [0, 0.1) is 34.5 Å². The number of aliphatic hydroxyl groups excluding tert-OH is 1. The molecule has 1 heterocycles. The third kappa shape index (κ3) is 7.11. The van der Waals surface area contributed by atoms with Gasteiger partial charge in [0.05, 0.1) is 24.1 Å². The van der Waals surface area contributed by atoms with Gasteiger partial charge >= 0.3 is 29.9 Å². The minimum atomic E-state index is -2.25. The third-order valence-corrected chi connectivity index (χ3v) is 14.0. The number of hydrogen-bond acceptors (Lipinski definition) is 13. The maximum atomic E-state index is 15.7. The Balaban J connectivity index is 1.39. The Morgan fingerprint density at radius 1 is 0.934 bits per heavy atom. The number of aliphatic hydroxyl groups is 2. The fourth-order valence-corrected chi connectivity index (χ4v) is 11.2. The van der Waals surface area contributed by atoms with Gasteiger partial charge in [0.1, 0.15) is 23.6 Å². The van der Waals surface area contributed by atoms with E-state index >= 15 is 4.79 Å². The molecule has 4 aliphatic carbocycles. The van der Waals surface area contributed by atoms with Gasteiger partial charge in [-0.05, 0) is 69.2 Å². The van der Waals surface area contributed by atoms with Crippen molar-refractivity contribution in [1.29, 1.82) is 0 Å². The Hall–Kier alpha value is -5.12. The SMILES string of the molecule is CC(=O)OC1C(=O)C23C(C)C2CC2OCC2(OC(C)=O)C3C(OC(=O)c2ccccc2)C2(O)CC(OC(=O)C(O)C(NC(=O)NC(C)(C)C)c3ccccc3)=C(C)C1C2(C)C. The summed E-state index contributed by atoms with van der Waals surface area (Å²) in [5.41, 5.74) is -6.61. The zero-order chi connectivity index (χ0) is 44.6. The molecule has 0 radical (unpaired) electrons. The number of benzene rings is 2. The number of Topliss-reactive ketones (excluding diaryl/α,β-unsaturated/α-hetero) is 1. The topological polar surface area (TPSA) is 213 Å². The van der Waals surface area contributed by atoms with E-state index in [0.717, 1.165) is 0 Å². The first-order valence-corrected chi connectivity index (χ1v) is 20.8. The summed E-state index contributed by atoms with van der Waals surface area (Å²) in [6, 6.07) is 14.4. The zero-order valence-corrected chi connectivity index (χ0v) is 36.0. The number of hydrogen-bond donors (Lipinski definition) is 4. The molecule has 15 heteroatoms. The van der Waals surface area contributed by atoms with Crippen LogP contribution in [0.5, 0.6) is 0 Å². The Morgan fingerprint density at radius 3 is 2.11 bits per heavy atom. The van der Waals surface area contributed by atoms with Crippen LogP contribution in [0.2, 0.25) is 0 Å². The van der Waals surface area contributed by atoms with Crippen LogP contribution in [0.1, 0.15) is 97.1 Å². The van der Waals surface area contributed by atoms with E-state index < -0.39 is 124 Å². The predicted octanol–water partition coefficient (Wildman–Crippen LogP) is 4.49. The molecule has 2 aromatic rings. The van der Waals surface area contributed by atoms with Crippen molar-refractivity contribution >= 4 is 35.7 Å². The molecule has 61 heavy (non-hydrogen) atoms. The average Bonchev–Trinajstić information content (AvgIpc) is 3.77. The largest absolute Gasteiger partial charge is 0.455 e. The van der Waals surface area contributed by atoms with Crippen molar-refractivity contribution in [3.8, 4) is 0 Å². The summed E-state index contributed by atoms with van der Waals surface area (Å²) in [4.78, 5) is 83.5. The van der Waals surface area contributed by atoms with E-state index in [-0.39, 0.29) is 23.5 Å². The van der Waals surface area contributed by atoms with Crippen LogP contribution in [0.15, 0.2) is 72.0 Å². The van der Waals surface area contributed by atoms with E-state index in [0.29, 0.717) is 12.0 Å². The fraction of sp³-hybridized carbons (Fsp3) is 0.565. The number of esters is 4. The van der Waals surface area contributed by atoms with E-state index in [9.17, 15) is 34.2 Å². The molecule has 2 bridgehead atoms. The minimum Gasteiger partial charge on any atom is -0.455 e. The van der Waals surface area contributed by atoms with Gasteiger partial charge < -0.3 is 44.5 Å². The number of nitrogens with one attached hydrogen (secondary N) is 2. The lowest BCUT2D eigenvalue weighted by Crippen LogP contribution is -2.78. The van der Waals surface area contributed by atoms with Crippen molar-refractivity contribution in [2.45, 2.75) is 122 Å². The van der Waals surface area contributed by atoms with Crippen molar-refractivity contribution in [3.63, 3.8) is 0 Å². The van der Waals surface area contributed by atoms with Crippen molar-refractivity contribution in [3.05, 3.63) is 83.1 Å². The van der Waals surface area contributed by atoms with Crippen LogP contribution >= 0.6 is 0 Å². The maximum absolute atomic E-state index is 15.7. The quantitative estimate of drug-likeness (QED) is 0.203. The van der Waals surface area contributed by atoms with Crippen LogP contribution in [0.4, 0.5) is 4.79 Å². The lowest BCUT2D eigenvalue weighted by atomic mass is 9.47. The standard InChI is InChI=1S/C46H56N2O13/c1-23-30(59-40(54)34(51)33(27-16-12-10-13-17-27)47-41(55)48-42(5,6)7)21-45(56)38(60-39(53)28-18-14-11-15-19-28)36-44(61-26(4)50)22-57-31(44)20-29-24(2)46(29,36)37(52)35(58-25(3)49)32(23)43(45,8)9/h10-19,24,29,31-36,38,51,56H,20-22H2,1-9H3,(H2,47,48,55). The van der Waals surface area contributed by atoms with Gasteiger partial charge in [-0.25, -0.2) is 14.4 Å². The molecule has 4 fully saturated rings. The molecular formula is C46H56N2O13. The Morgan fingerprint density at radius 2 is 1.56 bits per heavy atom. The van der Waals surface area contributed by atoms with E-state index in [4.69, 9.17) is 23.7 Å². The van der Waals surface area contributed by atoms with Crippen molar-refractivity contribution in [1.82, 2.24) is 10.6 Å². The molecule has 12 atom stereocenters. The van der Waals surface area contributed by atoms with Gasteiger partial charge in [-0.3, -0.25) is 14.4 Å². The highest BCUT2D eigenvalue weighted by atomic mass is 16.6. The van der Waals surface area contributed by atoms with Crippen LogP contribution in [0.3, 0.4) is 0 Å². The summed E-state index contributed by atoms with van der Waals surface area (Å²) >= 11 is 0. The summed E-state index contributed by atoms with van der Waals surface area (Å²) < 4.78 is 30.8. The molecule has 2 aromatic carbocycles. The molecule has 12 unspecified atom stereocenters. The highest BCUT2D eigenvalue weighted by Gasteiger charge is 2.87. The van der Waals surface area contributed by atoms with Gasteiger partial charge in [-0.1, -0.05) is 69.3 Å². The Kier molecular flexibility index (Phi) is 11.1. The highest BCUT2D eigenvalue weighted by molar-refractivity contribution is 5.96. The minimum absolute atomic E-state index is 0.145. The molecule has 1 spiro atoms. The van der Waals surface area contributed by atoms with Crippen LogP contribution in [-0.2, 0) is 42.9 Å². The van der Waals surface area contributed by atoms with Gasteiger partial charge in [-0.2, -0.15) is 0 Å². The third-order valence-electron chi connectivity index (χ3n) is 14.0. The van der Waals surface area contributed by atoms with Gasteiger partial charge in [0.2, 0.25) is 0 Å². The zero-order valence-electron chi connectivity index (χ0n) is 36.0. The van der Waals surface area contributed by atoms with Crippen molar-refractivity contribution in [2.24, 2.45) is 34.5 Å². The molecule has 328 valence electrons. The monoisotopic (exact) mass is 844 g/mol. The Labute approximate surface area is 354 Å². The smallest absolute Gasteiger partial charge is 0.342 e. The molecule has 4 N–H and O–H groups in total. The van der Waals surface area contributed by atoms with E-state index in [1.165, 1.54) is 13.8 Å². The molecule has 7 rings (SSSR count). The Bertz CT molecular complexity index is 2150. The number of fused-ring (bicyclic) bond motifs is 4. The second kappa shape index (κ2) is 15.3. The molecule has 15 nitrogen and oxygen atoms in total. The summed E-state index contributed by atoms with van der Waals surface area (Å²) in [7, 11) is 0. The van der Waals surface area contributed by atoms with Crippen LogP contribution in [-0.4, -0.2) is 93.7 Å². The van der Waals surface area contributed by atoms with Crippen LogP contribution < -0.4 is 10.6 Å². The summed E-state index contributed by atoms with van der Waals surface area (Å²) in [6.07, 6.45) is -6.09. The average molecular weight is 845 g/mol. The molecule has 5 aliphatic rings. The van der Waals surface area contributed by atoms with E-state index in [1.54, 1.807) is 102 Å². The summed E-state index contributed by atoms with van der Waals surface area (Å²) in [5, 5.41) is 30.9. The summed E-state index contributed by atoms with van der Waals surface area (Å²) in [5.74, 6) is -7.40. The van der Waals surface area contributed by atoms with Crippen LogP contribution in [0.25, 0.3) is 0 Å². The number of urea groups is 1. The van der Waals surface area contributed by atoms with Crippen molar-refractivity contribution < 1.29 is 62.7 Å². The first-order chi connectivity index (χ1) is 28.5. The molecule has 2 amide bonds. The number of ketones is 1. The number of amides is 2. The number of rotatable bonds is 9. The van der Waals surface area contributed by atoms with Crippen molar-refractivity contribution in [2.75, 3.05) is 6.61 Å². The lowest BCUT2D eigenvalue weighted by Gasteiger charge is -2.64. The first kappa shape index (κ1) is 44.0. The first-order valence-electron chi connectivity index (χ1n) is 20.8. The molecular weight excluding hydrogens is 789 g/mol. The summed E-state index contributed by atoms with van der Waals surface area (Å²) in [6.45, 7) is 14.3. The molecule has 1 aliphatic heterocycles. The molecule has 1 saturated heterocycles. The lowest BCUT2D eigenvalue weighted by molar-refractivity contribution is -0.327. The van der Waals surface area contributed by atoms with Gasteiger partial charge in [0, 0.05) is 42.6 Å². The van der Waals surface area contributed by atoms with E-state index in [1.807, 2.05) is 6.92 Å².